The van der Waals surface area contributed by atoms with Crippen LogP contribution in [0.15, 0.2) is 53.3 Å². The zero-order chi connectivity index (χ0) is 18.4. The SMILES string of the molecule is C=CCNS(=O)(=O)c1cc(C(=O)NNC(=O)c2cccs2)ccc1Cl. The van der Waals surface area contributed by atoms with Gasteiger partial charge in [0.05, 0.1) is 9.90 Å². The summed E-state index contributed by atoms with van der Waals surface area (Å²) < 4.78 is 26.6. The van der Waals surface area contributed by atoms with Crippen molar-refractivity contribution in [2.24, 2.45) is 0 Å². The smallest absolute Gasteiger partial charge is 0.267 e. The summed E-state index contributed by atoms with van der Waals surface area (Å²) >= 11 is 7.13. The molecule has 0 unspecified atom stereocenters. The highest BCUT2D eigenvalue weighted by molar-refractivity contribution is 7.89. The summed E-state index contributed by atoms with van der Waals surface area (Å²) in [4.78, 5) is 24.1. The van der Waals surface area contributed by atoms with Crippen molar-refractivity contribution in [2.45, 2.75) is 4.90 Å². The number of rotatable bonds is 6. The van der Waals surface area contributed by atoms with Crippen molar-refractivity contribution in [1.29, 1.82) is 0 Å². The Bertz CT molecular complexity index is 896. The molecule has 1 aromatic carbocycles. The van der Waals surface area contributed by atoms with E-state index in [-0.39, 0.29) is 22.0 Å². The van der Waals surface area contributed by atoms with Crippen molar-refractivity contribution in [2.75, 3.05) is 6.54 Å². The molecule has 0 aliphatic rings. The molecular formula is C15H14ClN3O4S2. The molecule has 0 atom stereocenters. The van der Waals surface area contributed by atoms with Crippen LogP contribution < -0.4 is 15.6 Å². The number of hydrogen-bond donors (Lipinski definition) is 3. The highest BCUT2D eigenvalue weighted by Gasteiger charge is 2.20. The molecular weight excluding hydrogens is 386 g/mol. The van der Waals surface area contributed by atoms with Gasteiger partial charge < -0.3 is 0 Å². The van der Waals surface area contributed by atoms with Crippen LogP contribution in [0.25, 0.3) is 0 Å². The Morgan fingerprint density at radius 1 is 1.20 bits per heavy atom. The van der Waals surface area contributed by atoms with E-state index in [0.29, 0.717) is 4.88 Å². The number of hydrazine groups is 1. The van der Waals surface area contributed by atoms with E-state index in [1.165, 1.54) is 29.5 Å². The average molecular weight is 400 g/mol. The lowest BCUT2D eigenvalue weighted by Gasteiger charge is -2.10. The zero-order valence-electron chi connectivity index (χ0n) is 12.8. The Kier molecular flexibility index (Phi) is 6.32. The third-order valence-corrected chi connectivity index (χ3v) is 5.71. The number of amides is 2. The molecule has 2 rings (SSSR count). The molecule has 3 N–H and O–H groups in total. The summed E-state index contributed by atoms with van der Waals surface area (Å²) in [7, 11) is -3.89. The van der Waals surface area contributed by atoms with Gasteiger partial charge in [-0.15, -0.1) is 17.9 Å². The van der Waals surface area contributed by atoms with E-state index in [9.17, 15) is 18.0 Å². The van der Waals surface area contributed by atoms with Gasteiger partial charge in [0, 0.05) is 12.1 Å². The Morgan fingerprint density at radius 2 is 1.92 bits per heavy atom. The Morgan fingerprint density at radius 3 is 2.56 bits per heavy atom. The van der Waals surface area contributed by atoms with Gasteiger partial charge in [0.25, 0.3) is 11.8 Å². The van der Waals surface area contributed by atoms with Gasteiger partial charge >= 0.3 is 0 Å². The standard InChI is InChI=1S/C15H14ClN3O4S2/c1-2-7-17-25(22,23)13-9-10(5-6-11(13)16)14(20)18-19-15(21)12-4-3-8-24-12/h2-6,8-9,17H,1,7H2,(H,18,20)(H,19,21). The first-order valence-electron chi connectivity index (χ1n) is 6.89. The van der Waals surface area contributed by atoms with Crippen LogP contribution in [-0.4, -0.2) is 26.8 Å². The van der Waals surface area contributed by atoms with Crippen LogP contribution >= 0.6 is 22.9 Å². The number of sulfonamides is 1. The molecule has 132 valence electrons. The number of hydrogen-bond acceptors (Lipinski definition) is 5. The molecule has 25 heavy (non-hydrogen) atoms. The van der Waals surface area contributed by atoms with Crippen molar-refractivity contribution in [3.63, 3.8) is 0 Å². The minimum absolute atomic E-state index is 0.0198. The van der Waals surface area contributed by atoms with Crippen LogP contribution in [0.2, 0.25) is 5.02 Å². The largest absolute Gasteiger partial charge is 0.279 e. The van der Waals surface area contributed by atoms with Gasteiger partial charge in [0.15, 0.2) is 0 Å². The normalized spacial score (nSPS) is 10.9. The molecule has 10 heteroatoms. The molecule has 0 aliphatic carbocycles. The summed E-state index contributed by atoms with van der Waals surface area (Å²) in [6, 6.07) is 7.07. The van der Waals surface area contributed by atoms with E-state index >= 15 is 0 Å². The van der Waals surface area contributed by atoms with E-state index < -0.39 is 21.8 Å². The Balaban J connectivity index is 2.14. The molecule has 2 aromatic rings. The highest BCUT2D eigenvalue weighted by atomic mass is 35.5. The van der Waals surface area contributed by atoms with Crippen molar-refractivity contribution in [1.82, 2.24) is 15.6 Å². The molecule has 0 saturated carbocycles. The molecule has 1 aromatic heterocycles. The fraction of sp³-hybridized carbons (Fsp3) is 0.0667. The van der Waals surface area contributed by atoms with E-state index in [1.807, 2.05) is 0 Å². The zero-order valence-corrected chi connectivity index (χ0v) is 15.2. The topological polar surface area (TPSA) is 104 Å². The molecule has 1 heterocycles. The third kappa shape index (κ3) is 4.89. The summed E-state index contributed by atoms with van der Waals surface area (Å²) in [5.74, 6) is -1.15. The Labute approximate surface area is 153 Å². The van der Waals surface area contributed by atoms with Gasteiger partial charge in [-0.3, -0.25) is 20.4 Å². The van der Waals surface area contributed by atoms with Crippen molar-refractivity contribution >= 4 is 44.8 Å². The number of nitrogens with one attached hydrogen (secondary N) is 3. The quantitative estimate of drug-likeness (QED) is 0.510. The lowest BCUT2D eigenvalue weighted by molar-refractivity contribution is 0.0849. The molecule has 7 nitrogen and oxygen atoms in total. The molecule has 0 fully saturated rings. The van der Waals surface area contributed by atoms with Gasteiger partial charge in [-0.25, -0.2) is 13.1 Å². The fourth-order valence-electron chi connectivity index (χ4n) is 1.75. The summed E-state index contributed by atoms with van der Waals surface area (Å²) in [5, 5.41) is 1.69. The van der Waals surface area contributed by atoms with Crippen LogP contribution in [0.3, 0.4) is 0 Å². The summed E-state index contributed by atoms with van der Waals surface area (Å²) in [6.07, 6.45) is 1.38. The number of benzene rings is 1. The average Bonchev–Trinajstić information content (AvgIpc) is 3.12. The van der Waals surface area contributed by atoms with Crippen LogP contribution in [0.5, 0.6) is 0 Å². The molecule has 2 amide bonds. The first kappa shape index (κ1) is 19.1. The molecule has 0 radical (unpaired) electrons. The van der Waals surface area contributed by atoms with Crippen molar-refractivity contribution < 1.29 is 18.0 Å². The van der Waals surface area contributed by atoms with Crippen LogP contribution in [0, 0.1) is 0 Å². The van der Waals surface area contributed by atoms with Gasteiger partial charge in [-0.2, -0.15) is 0 Å². The van der Waals surface area contributed by atoms with E-state index in [4.69, 9.17) is 11.6 Å². The van der Waals surface area contributed by atoms with Gasteiger partial charge in [-0.1, -0.05) is 23.7 Å². The summed E-state index contributed by atoms with van der Waals surface area (Å²) in [6.45, 7) is 3.44. The van der Waals surface area contributed by atoms with Gasteiger partial charge in [0.2, 0.25) is 10.0 Å². The number of halogens is 1. The number of carbonyl (C=O) groups is 2. The third-order valence-electron chi connectivity index (χ3n) is 2.94. The first-order valence-corrected chi connectivity index (χ1v) is 9.63. The summed E-state index contributed by atoms with van der Waals surface area (Å²) in [5.41, 5.74) is 4.50. The van der Waals surface area contributed by atoms with E-state index in [2.05, 4.69) is 22.2 Å². The number of thiophene rings is 1. The monoisotopic (exact) mass is 399 g/mol. The van der Waals surface area contributed by atoms with Gasteiger partial charge in [0.1, 0.15) is 4.90 Å². The van der Waals surface area contributed by atoms with Crippen molar-refractivity contribution in [3.8, 4) is 0 Å². The second kappa shape index (κ2) is 8.26. The van der Waals surface area contributed by atoms with E-state index in [0.717, 1.165) is 6.07 Å². The maximum absolute atomic E-state index is 12.2. The van der Waals surface area contributed by atoms with E-state index in [1.54, 1.807) is 17.5 Å². The molecule has 0 aliphatic heterocycles. The lowest BCUT2D eigenvalue weighted by atomic mass is 10.2. The predicted molar refractivity (Wildman–Crippen MR) is 96.1 cm³/mol. The van der Waals surface area contributed by atoms with Crippen LogP contribution in [0.4, 0.5) is 0 Å². The second-order valence-corrected chi connectivity index (χ2v) is 7.76. The van der Waals surface area contributed by atoms with Crippen LogP contribution in [-0.2, 0) is 10.0 Å². The maximum atomic E-state index is 12.2. The molecule has 0 bridgehead atoms. The minimum atomic E-state index is -3.89. The second-order valence-electron chi connectivity index (χ2n) is 4.67. The van der Waals surface area contributed by atoms with Gasteiger partial charge in [-0.05, 0) is 29.6 Å². The minimum Gasteiger partial charge on any atom is -0.267 e. The number of carbonyl (C=O) groups excluding carboxylic acids is 2. The maximum Gasteiger partial charge on any atom is 0.279 e. The molecule has 0 spiro atoms. The highest BCUT2D eigenvalue weighted by Crippen LogP contribution is 2.22. The Hall–Kier alpha value is -2.20. The first-order chi connectivity index (χ1) is 11.8. The molecule has 0 saturated heterocycles. The fourth-order valence-corrected chi connectivity index (χ4v) is 3.89. The van der Waals surface area contributed by atoms with Crippen LogP contribution in [0.1, 0.15) is 20.0 Å². The lowest BCUT2D eigenvalue weighted by Crippen LogP contribution is -2.41. The predicted octanol–water partition coefficient (Wildman–Crippen LogP) is 1.94. The van der Waals surface area contributed by atoms with Crippen molar-refractivity contribution in [3.05, 3.63) is 63.8 Å².